The van der Waals surface area contributed by atoms with E-state index in [2.05, 4.69) is 35.3 Å². The molecule has 1 saturated heterocycles. The van der Waals surface area contributed by atoms with Crippen molar-refractivity contribution in [2.45, 2.75) is 39.2 Å². The molecular weight excluding hydrogens is 256 g/mol. The molecule has 2 aliphatic rings. The molecule has 2 nitrogen and oxygen atoms in total. The minimum atomic E-state index is 0. The third-order valence-corrected chi connectivity index (χ3v) is 4.32. The topological polar surface area (TPSA) is 15.3 Å². The number of benzene rings is 1. The van der Waals surface area contributed by atoms with Gasteiger partial charge in [-0.1, -0.05) is 31.5 Å². The van der Waals surface area contributed by atoms with Gasteiger partial charge in [0.2, 0.25) is 0 Å². The number of halogens is 1. The standard InChI is InChI=1S/C16H24N2.ClH/c1-13-5-2-3-10-18(11-13)12-15-7-4-6-14-8-9-17-16(14)15;/h4,6-7,13,17H,2-3,5,8-12H2,1H3;1H. The van der Waals surface area contributed by atoms with Gasteiger partial charge in [-0.2, -0.15) is 0 Å². The molecule has 1 N–H and O–H groups in total. The molecule has 3 heteroatoms. The van der Waals surface area contributed by atoms with Crippen molar-refractivity contribution in [3.8, 4) is 0 Å². The highest BCUT2D eigenvalue weighted by atomic mass is 35.5. The van der Waals surface area contributed by atoms with E-state index in [1.807, 2.05) is 0 Å². The van der Waals surface area contributed by atoms with E-state index in [9.17, 15) is 0 Å². The molecule has 0 radical (unpaired) electrons. The zero-order chi connectivity index (χ0) is 12.4. The fraction of sp³-hybridized carbons (Fsp3) is 0.625. The Morgan fingerprint density at radius 3 is 3.11 bits per heavy atom. The molecule has 1 aromatic carbocycles. The van der Waals surface area contributed by atoms with Gasteiger partial charge in [-0.3, -0.25) is 4.90 Å². The van der Waals surface area contributed by atoms with E-state index < -0.39 is 0 Å². The normalized spacial score (nSPS) is 23.1. The van der Waals surface area contributed by atoms with Gasteiger partial charge in [-0.05, 0) is 42.9 Å². The molecule has 3 rings (SSSR count). The number of hydrogen-bond acceptors (Lipinski definition) is 2. The number of para-hydroxylation sites is 1. The lowest BCUT2D eigenvalue weighted by Gasteiger charge is -2.23. The fourth-order valence-corrected chi connectivity index (χ4v) is 3.38. The molecule has 2 heterocycles. The summed E-state index contributed by atoms with van der Waals surface area (Å²) in [6.45, 7) is 7.17. The molecule has 0 spiro atoms. The first-order valence-electron chi connectivity index (χ1n) is 7.40. The van der Waals surface area contributed by atoms with E-state index in [-0.39, 0.29) is 12.4 Å². The lowest BCUT2D eigenvalue weighted by molar-refractivity contribution is 0.248. The molecule has 1 fully saturated rings. The summed E-state index contributed by atoms with van der Waals surface area (Å²) in [5.74, 6) is 0.859. The molecular formula is C16H25ClN2. The predicted molar refractivity (Wildman–Crippen MR) is 84.2 cm³/mol. The van der Waals surface area contributed by atoms with Crippen LogP contribution >= 0.6 is 12.4 Å². The largest absolute Gasteiger partial charge is 0.384 e. The van der Waals surface area contributed by atoms with Crippen molar-refractivity contribution < 1.29 is 0 Å². The van der Waals surface area contributed by atoms with Crippen LogP contribution < -0.4 is 5.32 Å². The summed E-state index contributed by atoms with van der Waals surface area (Å²) in [5, 5.41) is 3.56. The first-order valence-corrected chi connectivity index (χ1v) is 7.40. The van der Waals surface area contributed by atoms with Crippen molar-refractivity contribution in [3.63, 3.8) is 0 Å². The maximum absolute atomic E-state index is 3.56. The Morgan fingerprint density at radius 2 is 2.21 bits per heavy atom. The van der Waals surface area contributed by atoms with Gasteiger partial charge in [0.05, 0.1) is 0 Å². The molecule has 0 aromatic heterocycles. The molecule has 0 saturated carbocycles. The van der Waals surface area contributed by atoms with Gasteiger partial charge in [0, 0.05) is 25.3 Å². The van der Waals surface area contributed by atoms with Gasteiger partial charge in [-0.25, -0.2) is 0 Å². The highest BCUT2D eigenvalue weighted by Crippen LogP contribution is 2.28. The lowest BCUT2D eigenvalue weighted by Crippen LogP contribution is -2.27. The molecule has 2 aliphatic heterocycles. The summed E-state index contributed by atoms with van der Waals surface area (Å²) in [4.78, 5) is 2.65. The average Bonchev–Trinajstić information content (AvgIpc) is 2.75. The highest BCUT2D eigenvalue weighted by molar-refractivity contribution is 5.85. The number of rotatable bonds is 2. The van der Waals surface area contributed by atoms with Crippen LogP contribution in [0.1, 0.15) is 37.3 Å². The molecule has 0 bridgehead atoms. The van der Waals surface area contributed by atoms with Crippen molar-refractivity contribution in [2.24, 2.45) is 5.92 Å². The van der Waals surface area contributed by atoms with Crippen molar-refractivity contribution >= 4 is 18.1 Å². The molecule has 0 aliphatic carbocycles. The molecule has 106 valence electrons. The first-order chi connectivity index (χ1) is 8.83. The lowest BCUT2D eigenvalue weighted by atomic mass is 10.1. The van der Waals surface area contributed by atoms with E-state index in [0.29, 0.717) is 0 Å². The monoisotopic (exact) mass is 280 g/mol. The van der Waals surface area contributed by atoms with E-state index in [0.717, 1.165) is 19.0 Å². The van der Waals surface area contributed by atoms with Gasteiger partial charge in [0.15, 0.2) is 0 Å². The maximum Gasteiger partial charge on any atom is 0.0419 e. The quantitative estimate of drug-likeness (QED) is 0.889. The van der Waals surface area contributed by atoms with E-state index in [1.165, 1.54) is 55.6 Å². The van der Waals surface area contributed by atoms with Gasteiger partial charge >= 0.3 is 0 Å². The van der Waals surface area contributed by atoms with Crippen LogP contribution in [0.5, 0.6) is 0 Å². The minimum absolute atomic E-state index is 0. The van der Waals surface area contributed by atoms with Gasteiger partial charge in [0.1, 0.15) is 0 Å². The Morgan fingerprint density at radius 1 is 1.32 bits per heavy atom. The van der Waals surface area contributed by atoms with Crippen molar-refractivity contribution in [3.05, 3.63) is 29.3 Å². The SMILES string of the molecule is CC1CCCCN(Cc2cccc3c2NCC3)C1.Cl. The Bertz CT molecular complexity index is 419. The van der Waals surface area contributed by atoms with Crippen molar-refractivity contribution in [1.82, 2.24) is 4.90 Å². The number of nitrogens with zero attached hydrogens (tertiary/aromatic N) is 1. The molecule has 19 heavy (non-hydrogen) atoms. The summed E-state index contributed by atoms with van der Waals surface area (Å²) in [6, 6.07) is 6.79. The summed E-state index contributed by atoms with van der Waals surface area (Å²) >= 11 is 0. The third-order valence-electron chi connectivity index (χ3n) is 4.32. The Hall–Kier alpha value is -0.730. The van der Waals surface area contributed by atoms with E-state index >= 15 is 0 Å². The minimum Gasteiger partial charge on any atom is -0.384 e. The zero-order valence-corrected chi connectivity index (χ0v) is 12.6. The number of fused-ring (bicyclic) bond motifs is 1. The van der Waals surface area contributed by atoms with Gasteiger partial charge in [-0.15, -0.1) is 12.4 Å². The Balaban J connectivity index is 0.00000133. The zero-order valence-electron chi connectivity index (χ0n) is 11.8. The van der Waals surface area contributed by atoms with Crippen molar-refractivity contribution in [2.75, 3.05) is 25.0 Å². The second-order valence-electron chi connectivity index (χ2n) is 5.96. The van der Waals surface area contributed by atoms with Crippen LogP contribution in [0.25, 0.3) is 0 Å². The van der Waals surface area contributed by atoms with Crippen LogP contribution in [0.15, 0.2) is 18.2 Å². The Kier molecular flexibility index (Phi) is 5.12. The van der Waals surface area contributed by atoms with Gasteiger partial charge < -0.3 is 5.32 Å². The number of anilines is 1. The van der Waals surface area contributed by atoms with Crippen LogP contribution in [0, 0.1) is 5.92 Å². The van der Waals surface area contributed by atoms with Crippen LogP contribution in [-0.2, 0) is 13.0 Å². The number of hydrogen-bond donors (Lipinski definition) is 1. The smallest absolute Gasteiger partial charge is 0.0419 e. The first kappa shape index (κ1) is 14.7. The summed E-state index contributed by atoms with van der Waals surface area (Å²) in [5.41, 5.74) is 4.43. The van der Waals surface area contributed by atoms with Crippen LogP contribution in [0.4, 0.5) is 5.69 Å². The van der Waals surface area contributed by atoms with Crippen LogP contribution in [0.3, 0.4) is 0 Å². The second kappa shape index (κ2) is 6.62. The fourth-order valence-electron chi connectivity index (χ4n) is 3.38. The van der Waals surface area contributed by atoms with E-state index in [4.69, 9.17) is 0 Å². The average molecular weight is 281 g/mol. The Labute approximate surface area is 123 Å². The van der Waals surface area contributed by atoms with E-state index in [1.54, 1.807) is 0 Å². The van der Waals surface area contributed by atoms with Crippen LogP contribution in [-0.4, -0.2) is 24.5 Å². The van der Waals surface area contributed by atoms with Crippen LogP contribution in [0.2, 0.25) is 0 Å². The highest BCUT2D eigenvalue weighted by Gasteiger charge is 2.18. The molecule has 0 amide bonds. The summed E-state index contributed by atoms with van der Waals surface area (Å²) in [6.07, 6.45) is 5.37. The summed E-state index contributed by atoms with van der Waals surface area (Å²) < 4.78 is 0. The second-order valence-corrected chi connectivity index (χ2v) is 5.96. The predicted octanol–water partition coefficient (Wildman–Crippen LogP) is 3.70. The maximum atomic E-state index is 3.56. The third kappa shape index (κ3) is 3.43. The molecule has 1 unspecified atom stereocenters. The number of likely N-dealkylation sites (tertiary alicyclic amines) is 1. The molecule has 1 aromatic rings. The summed E-state index contributed by atoms with van der Waals surface area (Å²) in [7, 11) is 0. The molecule has 1 atom stereocenters. The van der Waals surface area contributed by atoms with Crippen molar-refractivity contribution in [1.29, 1.82) is 0 Å². The van der Waals surface area contributed by atoms with Gasteiger partial charge in [0.25, 0.3) is 0 Å². The number of nitrogens with one attached hydrogen (secondary N) is 1.